The third-order valence-electron chi connectivity index (χ3n) is 6.09. The first kappa shape index (κ1) is 22.2. The fraction of sp³-hybridized carbons (Fsp3) is 0.625. The largest absolute Gasteiger partial charge is 0.455 e. The highest BCUT2D eigenvalue weighted by atomic mass is 32.2. The Morgan fingerprint density at radius 1 is 1.16 bits per heavy atom. The van der Waals surface area contributed by atoms with Gasteiger partial charge in [-0.25, -0.2) is 9.97 Å². The molecule has 0 aliphatic heterocycles. The summed E-state index contributed by atoms with van der Waals surface area (Å²) in [5, 5.41) is 3.72. The fourth-order valence-electron chi connectivity index (χ4n) is 3.90. The van der Waals surface area contributed by atoms with Gasteiger partial charge in [0.05, 0.1) is 11.4 Å². The summed E-state index contributed by atoms with van der Waals surface area (Å²) in [6, 6.07) is 6.64. The van der Waals surface area contributed by atoms with Crippen molar-refractivity contribution < 1.29 is 9.21 Å². The van der Waals surface area contributed by atoms with Crippen LogP contribution in [0.5, 0.6) is 0 Å². The summed E-state index contributed by atoms with van der Waals surface area (Å²) < 4.78 is 5.77. The van der Waals surface area contributed by atoms with Crippen molar-refractivity contribution >= 4 is 23.5 Å². The Morgan fingerprint density at radius 3 is 2.58 bits per heavy atom. The summed E-state index contributed by atoms with van der Waals surface area (Å²) in [6.07, 6.45) is 8.51. The van der Waals surface area contributed by atoms with E-state index in [4.69, 9.17) is 14.4 Å². The summed E-state index contributed by atoms with van der Waals surface area (Å²) in [5.74, 6) is 2.61. The van der Waals surface area contributed by atoms with E-state index in [0.29, 0.717) is 23.6 Å². The summed E-state index contributed by atoms with van der Waals surface area (Å²) in [6.45, 7) is 6.56. The van der Waals surface area contributed by atoms with E-state index in [1.54, 1.807) is 17.8 Å². The lowest BCUT2D eigenvalue weighted by atomic mass is 9.91. The number of carbonyl (C=O) groups excluding carboxylic acids is 1. The number of nitrogens with zero attached hydrogens (tertiary/aromatic N) is 3. The minimum atomic E-state index is -0.124. The van der Waals surface area contributed by atoms with Gasteiger partial charge in [-0.3, -0.25) is 4.79 Å². The van der Waals surface area contributed by atoms with Crippen LogP contribution in [0.3, 0.4) is 0 Å². The standard InChI is InChI=1S/C24H34N4O2S/c1-24(2,3)20-14-21(28(4)17-8-6-5-7-9-17)27-23(26-20)31-15-18-12-13-19(30-18)22(29)25-16-10-11-16/h12-14,16-17H,5-11,15H2,1-4H3,(H,25,29). The quantitative estimate of drug-likeness (QED) is 0.462. The molecule has 0 bridgehead atoms. The van der Waals surface area contributed by atoms with Crippen molar-refractivity contribution in [3.05, 3.63) is 35.4 Å². The summed E-state index contributed by atoms with van der Waals surface area (Å²) >= 11 is 1.56. The molecule has 7 heteroatoms. The van der Waals surface area contributed by atoms with Gasteiger partial charge < -0.3 is 14.6 Å². The molecule has 1 amide bonds. The number of hydrogen-bond donors (Lipinski definition) is 1. The Bertz CT molecular complexity index is 911. The second-order valence-electron chi connectivity index (χ2n) is 9.85. The average molecular weight is 443 g/mol. The Hall–Kier alpha value is -2.02. The number of amides is 1. The minimum absolute atomic E-state index is 0.0564. The first-order chi connectivity index (χ1) is 14.8. The minimum Gasteiger partial charge on any atom is -0.455 e. The van der Waals surface area contributed by atoms with Gasteiger partial charge in [-0.15, -0.1) is 0 Å². The SMILES string of the molecule is CN(c1cc(C(C)(C)C)nc(SCc2ccc(C(=O)NC3CC3)o2)n1)C1CCCCC1. The number of anilines is 1. The van der Waals surface area contributed by atoms with Gasteiger partial charge in [0.2, 0.25) is 0 Å². The lowest BCUT2D eigenvalue weighted by Gasteiger charge is -2.33. The number of rotatable bonds is 7. The molecule has 2 aromatic rings. The molecular formula is C24H34N4O2S. The maximum Gasteiger partial charge on any atom is 0.287 e. The predicted molar refractivity (Wildman–Crippen MR) is 125 cm³/mol. The molecule has 2 saturated carbocycles. The van der Waals surface area contributed by atoms with Gasteiger partial charge in [0.25, 0.3) is 5.91 Å². The third kappa shape index (κ3) is 5.82. The predicted octanol–water partition coefficient (Wildman–Crippen LogP) is 5.32. The van der Waals surface area contributed by atoms with Crippen LogP contribution < -0.4 is 10.2 Å². The first-order valence-corrected chi connectivity index (χ1v) is 12.4. The molecule has 2 aliphatic rings. The van der Waals surface area contributed by atoms with Crippen molar-refractivity contribution in [1.82, 2.24) is 15.3 Å². The monoisotopic (exact) mass is 442 g/mol. The van der Waals surface area contributed by atoms with Crippen LogP contribution in [0.25, 0.3) is 0 Å². The number of nitrogens with one attached hydrogen (secondary N) is 1. The second kappa shape index (κ2) is 9.23. The molecule has 1 N–H and O–H groups in total. The van der Waals surface area contributed by atoms with Gasteiger partial charge >= 0.3 is 0 Å². The van der Waals surface area contributed by atoms with E-state index in [9.17, 15) is 4.79 Å². The molecule has 0 radical (unpaired) electrons. The van der Waals surface area contributed by atoms with Crippen molar-refractivity contribution in [3.63, 3.8) is 0 Å². The highest BCUT2D eigenvalue weighted by Crippen LogP contribution is 2.31. The van der Waals surface area contributed by atoms with Gasteiger partial charge in [-0.05, 0) is 37.8 Å². The van der Waals surface area contributed by atoms with Crippen LogP contribution in [0.2, 0.25) is 0 Å². The van der Waals surface area contributed by atoms with Crippen LogP contribution >= 0.6 is 11.8 Å². The molecule has 6 nitrogen and oxygen atoms in total. The molecule has 0 atom stereocenters. The zero-order chi connectivity index (χ0) is 22.0. The second-order valence-corrected chi connectivity index (χ2v) is 10.8. The number of thioether (sulfide) groups is 1. The molecule has 2 aliphatic carbocycles. The van der Waals surface area contributed by atoms with Crippen LogP contribution in [-0.4, -0.2) is 35.0 Å². The van der Waals surface area contributed by atoms with Gasteiger partial charge in [-0.1, -0.05) is 51.8 Å². The van der Waals surface area contributed by atoms with E-state index < -0.39 is 0 Å². The molecule has 2 aromatic heterocycles. The average Bonchev–Trinajstić information content (AvgIpc) is 3.44. The van der Waals surface area contributed by atoms with Crippen molar-refractivity contribution in [3.8, 4) is 0 Å². The first-order valence-electron chi connectivity index (χ1n) is 11.4. The topological polar surface area (TPSA) is 71.3 Å². The number of hydrogen-bond acceptors (Lipinski definition) is 6. The van der Waals surface area contributed by atoms with Crippen molar-refractivity contribution in [2.75, 3.05) is 11.9 Å². The van der Waals surface area contributed by atoms with Crippen molar-refractivity contribution in [2.45, 2.75) is 94.1 Å². The van der Waals surface area contributed by atoms with E-state index in [1.807, 2.05) is 6.07 Å². The van der Waals surface area contributed by atoms with E-state index in [0.717, 1.165) is 35.3 Å². The molecule has 0 aromatic carbocycles. The normalized spacial score (nSPS) is 17.5. The molecule has 0 unspecified atom stereocenters. The molecule has 4 rings (SSSR count). The number of carbonyl (C=O) groups is 1. The highest BCUT2D eigenvalue weighted by Gasteiger charge is 2.26. The Kier molecular flexibility index (Phi) is 6.60. The van der Waals surface area contributed by atoms with Crippen LogP contribution in [0, 0.1) is 0 Å². The van der Waals surface area contributed by atoms with Crippen molar-refractivity contribution in [1.29, 1.82) is 0 Å². The van der Waals surface area contributed by atoms with Crippen LogP contribution in [0.4, 0.5) is 5.82 Å². The van der Waals surface area contributed by atoms with Crippen LogP contribution in [0.15, 0.2) is 27.8 Å². The molecule has 2 heterocycles. The van der Waals surface area contributed by atoms with Gasteiger partial charge in [0.15, 0.2) is 10.9 Å². The maximum absolute atomic E-state index is 12.2. The summed E-state index contributed by atoms with van der Waals surface area (Å²) in [5.41, 5.74) is 0.991. The Balaban J connectivity index is 1.47. The Labute approximate surface area is 189 Å². The molecule has 31 heavy (non-hydrogen) atoms. The van der Waals surface area contributed by atoms with Crippen LogP contribution in [0.1, 0.15) is 87.7 Å². The lowest BCUT2D eigenvalue weighted by molar-refractivity contribution is 0.0922. The van der Waals surface area contributed by atoms with E-state index in [1.165, 1.54) is 32.1 Å². The summed E-state index contributed by atoms with van der Waals surface area (Å²) in [7, 11) is 2.16. The number of furan rings is 1. The molecule has 2 fully saturated rings. The lowest BCUT2D eigenvalue weighted by Crippen LogP contribution is -2.34. The van der Waals surface area contributed by atoms with Crippen LogP contribution in [-0.2, 0) is 11.2 Å². The number of aromatic nitrogens is 2. The van der Waals surface area contributed by atoms with E-state index in [-0.39, 0.29) is 11.3 Å². The van der Waals surface area contributed by atoms with E-state index in [2.05, 4.69) is 44.1 Å². The van der Waals surface area contributed by atoms with Gasteiger partial charge in [0.1, 0.15) is 11.6 Å². The summed E-state index contributed by atoms with van der Waals surface area (Å²) in [4.78, 5) is 24.2. The molecule has 0 spiro atoms. The van der Waals surface area contributed by atoms with Crippen molar-refractivity contribution in [2.24, 2.45) is 0 Å². The smallest absolute Gasteiger partial charge is 0.287 e. The zero-order valence-corrected chi connectivity index (χ0v) is 19.9. The van der Waals surface area contributed by atoms with Gasteiger partial charge in [-0.2, -0.15) is 0 Å². The molecule has 168 valence electrons. The van der Waals surface area contributed by atoms with E-state index >= 15 is 0 Å². The Morgan fingerprint density at radius 2 is 1.90 bits per heavy atom. The zero-order valence-electron chi connectivity index (χ0n) is 19.1. The van der Waals surface area contributed by atoms with Gasteiger partial charge in [0, 0.05) is 30.6 Å². The highest BCUT2D eigenvalue weighted by molar-refractivity contribution is 7.98. The molecule has 0 saturated heterocycles. The molecular weight excluding hydrogens is 408 g/mol. The third-order valence-corrected chi connectivity index (χ3v) is 6.96. The maximum atomic E-state index is 12.2. The fourth-order valence-corrected chi connectivity index (χ4v) is 4.64.